The highest BCUT2D eigenvalue weighted by Gasteiger charge is 2.09. The molecule has 0 atom stereocenters. The summed E-state index contributed by atoms with van der Waals surface area (Å²) in [6, 6.07) is 8.47. The monoisotopic (exact) mass is 429 g/mol. The van der Waals surface area contributed by atoms with Gasteiger partial charge in [0, 0.05) is 11.8 Å². The number of benzene rings is 2. The minimum Gasteiger partial charge on any atom is -0.493 e. The molecule has 0 saturated carbocycles. The van der Waals surface area contributed by atoms with Crippen LogP contribution in [0.15, 0.2) is 40.9 Å². The van der Waals surface area contributed by atoms with E-state index in [1.807, 2.05) is 6.07 Å². The van der Waals surface area contributed by atoms with Crippen LogP contribution in [0.1, 0.15) is 5.56 Å². The Balaban J connectivity index is 2.13. The number of amides is 1. The summed E-state index contributed by atoms with van der Waals surface area (Å²) in [7, 11) is 3.11. The third kappa shape index (κ3) is 4.66. The fourth-order valence-corrected chi connectivity index (χ4v) is 2.88. The first-order valence-corrected chi connectivity index (χ1v) is 8.35. The maximum Gasteiger partial charge on any atom is 0.248 e. The van der Waals surface area contributed by atoms with Gasteiger partial charge >= 0.3 is 0 Å². The summed E-state index contributed by atoms with van der Waals surface area (Å²) >= 11 is 15.2. The quantitative estimate of drug-likeness (QED) is 0.643. The van der Waals surface area contributed by atoms with Gasteiger partial charge in [0.2, 0.25) is 5.91 Å². The first kappa shape index (κ1) is 18.6. The number of halogens is 3. The molecule has 0 aliphatic heterocycles. The molecule has 0 radical (unpaired) electrons. The molecule has 0 unspecified atom stereocenters. The first-order chi connectivity index (χ1) is 11.4. The number of anilines is 1. The van der Waals surface area contributed by atoms with Crippen LogP contribution >= 0.6 is 39.1 Å². The van der Waals surface area contributed by atoms with Crippen LogP contribution in [0.5, 0.6) is 11.5 Å². The van der Waals surface area contributed by atoms with Crippen molar-refractivity contribution < 1.29 is 14.3 Å². The second-order valence-corrected chi connectivity index (χ2v) is 6.36. The highest BCUT2D eigenvalue weighted by molar-refractivity contribution is 9.10. The minimum atomic E-state index is -0.292. The lowest BCUT2D eigenvalue weighted by Crippen LogP contribution is -2.07. The summed E-state index contributed by atoms with van der Waals surface area (Å²) in [4.78, 5) is 12.0. The Hall–Kier alpha value is -1.69. The largest absolute Gasteiger partial charge is 0.493 e. The van der Waals surface area contributed by atoms with Gasteiger partial charge in [-0.25, -0.2) is 0 Å². The summed E-state index contributed by atoms with van der Waals surface area (Å²) in [5.74, 6) is 0.866. The Morgan fingerprint density at radius 1 is 1.12 bits per heavy atom. The Morgan fingerprint density at radius 3 is 2.50 bits per heavy atom. The van der Waals surface area contributed by atoms with Gasteiger partial charge < -0.3 is 14.8 Å². The Labute approximate surface area is 158 Å². The minimum absolute atomic E-state index is 0.292. The third-order valence-electron chi connectivity index (χ3n) is 3.07. The first-order valence-electron chi connectivity index (χ1n) is 6.80. The molecule has 0 aliphatic carbocycles. The van der Waals surface area contributed by atoms with Crippen LogP contribution in [0.25, 0.3) is 6.08 Å². The molecule has 4 nitrogen and oxygen atoms in total. The van der Waals surface area contributed by atoms with Crippen molar-refractivity contribution in [1.82, 2.24) is 0 Å². The average molecular weight is 431 g/mol. The van der Waals surface area contributed by atoms with E-state index in [9.17, 15) is 4.79 Å². The number of nitrogens with one attached hydrogen (secondary N) is 1. The number of carbonyl (C=O) groups is 1. The predicted molar refractivity (Wildman–Crippen MR) is 101 cm³/mol. The fraction of sp³-hybridized carbons (Fsp3) is 0.118. The Morgan fingerprint density at radius 2 is 1.88 bits per heavy atom. The van der Waals surface area contributed by atoms with Gasteiger partial charge in [-0.3, -0.25) is 4.79 Å². The highest BCUT2D eigenvalue weighted by Crippen LogP contribution is 2.36. The lowest BCUT2D eigenvalue weighted by Gasteiger charge is -2.10. The van der Waals surface area contributed by atoms with E-state index in [1.165, 1.54) is 6.08 Å². The summed E-state index contributed by atoms with van der Waals surface area (Å²) in [6.45, 7) is 0. The zero-order valence-corrected chi connectivity index (χ0v) is 16.0. The molecule has 0 spiro atoms. The average Bonchev–Trinajstić information content (AvgIpc) is 2.55. The van der Waals surface area contributed by atoms with Crippen molar-refractivity contribution in [2.75, 3.05) is 19.5 Å². The van der Waals surface area contributed by atoms with E-state index in [4.69, 9.17) is 32.7 Å². The lowest BCUT2D eigenvalue weighted by molar-refractivity contribution is -0.111. The fourth-order valence-electron chi connectivity index (χ4n) is 1.96. The van der Waals surface area contributed by atoms with E-state index in [0.717, 1.165) is 10.0 Å². The van der Waals surface area contributed by atoms with Crippen LogP contribution in [0.4, 0.5) is 5.69 Å². The number of rotatable bonds is 5. The zero-order chi connectivity index (χ0) is 17.7. The molecule has 0 aliphatic rings. The van der Waals surface area contributed by atoms with Gasteiger partial charge in [-0.2, -0.15) is 0 Å². The van der Waals surface area contributed by atoms with Crippen LogP contribution in [-0.2, 0) is 4.79 Å². The summed E-state index contributed by atoms with van der Waals surface area (Å²) in [6.07, 6.45) is 3.08. The molecule has 2 aromatic rings. The van der Waals surface area contributed by atoms with Gasteiger partial charge in [-0.05, 0) is 57.9 Å². The van der Waals surface area contributed by atoms with Crippen molar-refractivity contribution in [3.8, 4) is 11.5 Å². The standard InChI is InChI=1S/C17H14BrCl2NO3/c1-23-15-8-10(7-12(18)17(15)24-2)3-6-16(22)21-11-4-5-13(19)14(20)9-11/h3-9H,1-2H3,(H,21,22)/b6-3+. The maximum absolute atomic E-state index is 12.0. The van der Waals surface area contributed by atoms with Crippen molar-refractivity contribution in [3.63, 3.8) is 0 Å². The number of ether oxygens (including phenoxy) is 2. The molecule has 0 bridgehead atoms. The summed E-state index contributed by atoms with van der Waals surface area (Å²) < 4.78 is 11.2. The smallest absolute Gasteiger partial charge is 0.248 e. The van der Waals surface area contributed by atoms with E-state index in [-0.39, 0.29) is 5.91 Å². The number of hydrogen-bond acceptors (Lipinski definition) is 3. The lowest BCUT2D eigenvalue weighted by atomic mass is 10.2. The van der Waals surface area contributed by atoms with Gasteiger partial charge in [-0.1, -0.05) is 23.2 Å². The molecule has 0 heterocycles. The van der Waals surface area contributed by atoms with E-state index >= 15 is 0 Å². The molecule has 2 aromatic carbocycles. The molecule has 24 heavy (non-hydrogen) atoms. The Bertz CT molecular complexity index is 794. The number of carbonyl (C=O) groups excluding carboxylic acids is 1. The molecule has 1 amide bonds. The van der Waals surface area contributed by atoms with Gasteiger partial charge in [-0.15, -0.1) is 0 Å². The van der Waals surface area contributed by atoms with Gasteiger partial charge in [0.05, 0.1) is 28.7 Å². The molecule has 7 heteroatoms. The zero-order valence-electron chi connectivity index (χ0n) is 12.9. The number of methoxy groups -OCH3 is 2. The normalized spacial score (nSPS) is 10.7. The van der Waals surface area contributed by atoms with Gasteiger partial charge in [0.1, 0.15) is 0 Å². The summed E-state index contributed by atoms with van der Waals surface area (Å²) in [5, 5.41) is 3.52. The van der Waals surface area contributed by atoms with Crippen LogP contribution < -0.4 is 14.8 Å². The van der Waals surface area contributed by atoms with Crippen LogP contribution in [-0.4, -0.2) is 20.1 Å². The molecular weight excluding hydrogens is 417 g/mol. The van der Waals surface area contributed by atoms with Crippen molar-refractivity contribution in [2.45, 2.75) is 0 Å². The molecule has 1 N–H and O–H groups in total. The van der Waals surface area contributed by atoms with Crippen molar-refractivity contribution >= 4 is 56.8 Å². The van der Waals surface area contributed by atoms with Crippen LogP contribution in [0.3, 0.4) is 0 Å². The van der Waals surface area contributed by atoms with Gasteiger partial charge in [0.25, 0.3) is 0 Å². The van der Waals surface area contributed by atoms with E-state index in [2.05, 4.69) is 21.2 Å². The third-order valence-corrected chi connectivity index (χ3v) is 4.40. The molecule has 0 fully saturated rings. The van der Waals surface area contributed by atoms with E-state index in [0.29, 0.717) is 27.2 Å². The van der Waals surface area contributed by atoms with E-state index in [1.54, 1.807) is 44.6 Å². The molecule has 2 rings (SSSR count). The SMILES string of the molecule is COc1cc(/C=C/C(=O)Nc2ccc(Cl)c(Cl)c2)cc(Br)c1OC. The number of hydrogen-bond donors (Lipinski definition) is 1. The maximum atomic E-state index is 12.0. The second kappa shape index (κ2) is 8.42. The Kier molecular flexibility index (Phi) is 6.54. The molecule has 0 saturated heterocycles. The topological polar surface area (TPSA) is 47.6 Å². The van der Waals surface area contributed by atoms with Crippen molar-refractivity contribution in [3.05, 3.63) is 56.5 Å². The van der Waals surface area contributed by atoms with E-state index < -0.39 is 0 Å². The van der Waals surface area contributed by atoms with Crippen LogP contribution in [0.2, 0.25) is 10.0 Å². The second-order valence-electron chi connectivity index (χ2n) is 4.69. The van der Waals surface area contributed by atoms with Crippen LogP contribution in [0, 0.1) is 0 Å². The predicted octanol–water partition coefficient (Wildman–Crippen LogP) is 5.43. The molecular formula is C17H14BrCl2NO3. The van der Waals surface area contributed by atoms with Crippen molar-refractivity contribution in [1.29, 1.82) is 0 Å². The van der Waals surface area contributed by atoms with Crippen molar-refractivity contribution in [2.24, 2.45) is 0 Å². The summed E-state index contributed by atoms with van der Waals surface area (Å²) in [5.41, 5.74) is 1.34. The highest BCUT2D eigenvalue weighted by atomic mass is 79.9. The van der Waals surface area contributed by atoms with Gasteiger partial charge in [0.15, 0.2) is 11.5 Å². The molecule has 0 aromatic heterocycles. The molecule has 126 valence electrons.